The summed E-state index contributed by atoms with van der Waals surface area (Å²) in [6, 6.07) is 14.8. The van der Waals surface area contributed by atoms with Crippen LogP contribution < -0.4 is 15.8 Å². The van der Waals surface area contributed by atoms with Gasteiger partial charge in [-0.2, -0.15) is 0 Å². The molecular weight excluding hydrogens is 344 g/mol. The van der Waals surface area contributed by atoms with Crippen molar-refractivity contribution in [3.63, 3.8) is 0 Å². The highest BCUT2D eigenvalue weighted by Gasteiger charge is 2.15. The highest BCUT2D eigenvalue weighted by Crippen LogP contribution is 2.23. The molecule has 1 aliphatic heterocycles. The topological polar surface area (TPSA) is 90.7 Å². The fraction of sp³-hybridized carbons (Fsp3) is 0.333. The summed E-state index contributed by atoms with van der Waals surface area (Å²) >= 11 is 0. The quantitative estimate of drug-likeness (QED) is 0.748. The molecule has 1 fully saturated rings. The van der Waals surface area contributed by atoms with E-state index in [1.54, 1.807) is 12.1 Å². The third-order valence-electron chi connectivity index (χ3n) is 4.56. The molecule has 0 aliphatic carbocycles. The molecule has 0 spiro atoms. The van der Waals surface area contributed by atoms with Gasteiger partial charge in [-0.25, -0.2) is 0 Å². The van der Waals surface area contributed by atoms with Gasteiger partial charge in [0.05, 0.1) is 0 Å². The largest absolute Gasteiger partial charge is 0.484 e. The minimum atomic E-state index is -0.516. The molecule has 6 heteroatoms. The number of nitrogens with one attached hydrogen (secondary N) is 1. The summed E-state index contributed by atoms with van der Waals surface area (Å²) in [6.07, 6.45) is 2.02. The molecule has 27 heavy (non-hydrogen) atoms. The molecule has 3 rings (SSSR count). The van der Waals surface area contributed by atoms with Gasteiger partial charge in [-0.15, -0.1) is 0 Å². The molecule has 1 heterocycles. The van der Waals surface area contributed by atoms with Crippen molar-refractivity contribution in [1.82, 2.24) is 5.32 Å². The average Bonchev–Trinajstić information content (AvgIpc) is 3.20. The number of hydrogen-bond acceptors (Lipinski definition) is 4. The SMILES string of the molecule is NC(=O)COc1ccc(-c2cccc(C(=O)NCC[C@H]3CCOC3)c2)cc1. The third-order valence-corrected chi connectivity index (χ3v) is 4.56. The lowest BCUT2D eigenvalue weighted by Gasteiger charge is -2.10. The smallest absolute Gasteiger partial charge is 0.255 e. The van der Waals surface area contributed by atoms with E-state index in [1.165, 1.54) is 0 Å². The van der Waals surface area contributed by atoms with Crippen molar-refractivity contribution in [3.05, 3.63) is 54.1 Å². The first-order chi connectivity index (χ1) is 13.1. The maximum Gasteiger partial charge on any atom is 0.255 e. The Balaban J connectivity index is 1.58. The van der Waals surface area contributed by atoms with Crippen molar-refractivity contribution in [1.29, 1.82) is 0 Å². The summed E-state index contributed by atoms with van der Waals surface area (Å²) in [5.41, 5.74) is 7.59. The highest BCUT2D eigenvalue weighted by atomic mass is 16.5. The molecule has 3 N–H and O–H groups in total. The van der Waals surface area contributed by atoms with Gasteiger partial charge in [0.1, 0.15) is 5.75 Å². The van der Waals surface area contributed by atoms with E-state index in [0.717, 1.165) is 37.2 Å². The van der Waals surface area contributed by atoms with Crippen LogP contribution in [0.4, 0.5) is 0 Å². The zero-order chi connectivity index (χ0) is 19.1. The van der Waals surface area contributed by atoms with E-state index in [2.05, 4.69) is 5.32 Å². The third kappa shape index (κ3) is 5.56. The van der Waals surface area contributed by atoms with Crippen LogP contribution in [0.15, 0.2) is 48.5 Å². The summed E-state index contributed by atoms with van der Waals surface area (Å²) in [4.78, 5) is 23.2. The lowest BCUT2D eigenvalue weighted by molar-refractivity contribution is -0.119. The van der Waals surface area contributed by atoms with Crippen molar-refractivity contribution < 1.29 is 19.1 Å². The van der Waals surface area contributed by atoms with Gasteiger partial charge in [-0.1, -0.05) is 24.3 Å². The van der Waals surface area contributed by atoms with Gasteiger partial charge in [0.25, 0.3) is 11.8 Å². The molecule has 0 radical (unpaired) electrons. The molecule has 1 saturated heterocycles. The number of benzene rings is 2. The van der Waals surface area contributed by atoms with Crippen molar-refractivity contribution in [2.24, 2.45) is 11.7 Å². The van der Waals surface area contributed by atoms with Crippen molar-refractivity contribution in [2.75, 3.05) is 26.4 Å². The van der Waals surface area contributed by atoms with Gasteiger partial charge in [-0.05, 0) is 54.2 Å². The van der Waals surface area contributed by atoms with Gasteiger partial charge in [0.2, 0.25) is 0 Å². The van der Waals surface area contributed by atoms with Crippen LogP contribution in [0.25, 0.3) is 11.1 Å². The Labute approximate surface area is 158 Å². The van der Waals surface area contributed by atoms with Gasteiger partial charge < -0.3 is 20.5 Å². The second-order valence-electron chi connectivity index (χ2n) is 6.63. The fourth-order valence-corrected chi connectivity index (χ4v) is 3.04. The standard InChI is InChI=1S/C21H24N2O4/c22-20(24)14-27-19-6-4-16(5-7-19)17-2-1-3-18(12-17)21(25)23-10-8-15-9-11-26-13-15/h1-7,12,15H,8-11,13-14H2,(H2,22,24)(H,23,25)/t15-/m0/s1. The maximum atomic E-state index is 12.4. The number of primary amides is 1. The van der Waals surface area contributed by atoms with E-state index in [-0.39, 0.29) is 12.5 Å². The number of carbonyl (C=O) groups excluding carboxylic acids is 2. The fourth-order valence-electron chi connectivity index (χ4n) is 3.04. The molecule has 0 bridgehead atoms. The normalized spacial score (nSPS) is 16.1. The molecule has 2 aromatic carbocycles. The molecule has 142 valence electrons. The van der Waals surface area contributed by atoms with Crippen molar-refractivity contribution in [3.8, 4) is 16.9 Å². The van der Waals surface area contributed by atoms with Gasteiger partial charge in [-0.3, -0.25) is 9.59 Å². The second-order valence-corrected chi connectivity index (χ2v) is 6.63. The Morgan fingerprint density at radius 2 is 1.96 bits per heavy atom. The van der Waals surface area contributed by atoms with Crippen LogP contribution in [0, 0.1) is 5.92 Å². The monoisotopic (exact) mass is 368 g/mol. The average molecular weight is 368 g/mol. The second kappa shape index (κ2) is 9.19. The van der Waals surface area contributed by atoms with E-state index >= 15 is 0 Å². The lowest BCUT2D eigenvalue weighted by Crippen LogP contribution is -2.26. The van der Waals surface area contributed by atoms with E-state index < -0.39 is 5.91 Å². The highest BCUT2D eigenvalue weighted by molar-refractivity contribution is 5.95. The summed E-state index contributed by atoms with van der Waals surface area (Å²) in [5, 5.41) is 2.98. The summed E-state index contributed by atoms with van der Waals surface area (Å²) in [7, 11) is 0. The number of carbonyl (C=O) groups is 2. The summed E-state index contributed by atoms with van der Waals surface area (Å²) in [6.45, 7) is 2.13. The predicted octanol–water partition coefficient (Wildman–Crippen LogP) is 2.37. The molecule has 0 saturated carbocycles. The Hall–Kier alpha value is -2.86. The Kier molecular flexibility index (Phi) is 6.44. The number of hydrogen-bond donors (Lipinski definition) is 2. The van der Waals surface area contributed by atoms with Crippen LogP contribution >= 0.6 is 0 Å². The first-order valence-electron chi connectivity index (χ1n) is 9.09. The zero-order valence-corrected chi connectivity index (χ0v) is 15.1. The molecule has 2 aromatic rings. The molecule has 1 aliphatic rings. The first kappa shape index (κ1) is 18.9. The van der Waals surface area contributed by atoms with Gasteiger partial charge in [0.15, 0.2) is 6.61 Å². The summed E-state index contributed by atoms with van der Waals surface area (Å²) in [5.74, 6) is 0.532. The van der Waals surface area contributed by atoms with E-state index in [4.69, 9.17) is 15.2 Å². The zero-order valence-electron chi connectivity index (χ0n) is 15.1. The number of amides is 2. The number of ether oxygens (including phenoxy) is 2. The lowest BCUT2D eigenvalue weighted by atomic mass is 10.0. The minimum absolute atomic E-state index is 0.0721. The van der Waals surface area contributed by atoms with Crippen LogP contribution in [0.5, 0.6) is 5.75 Å². The van der Waals surface area contributed by atoms with E-state index in [1.807, 2.05) is 36.4 Å². The van der Waals surface area contributed by atoms with Crippen LogP contribution in [-0.2, 0) is 9.53 Å². The molecular formula is C21H24N2O4. The van der Waals surface area contributed by atoms with Gasteiger partial charge >= 0.3 is 0 Å². The number of rotatable bonds is 8. The first-order valence-corrected chi connectivity index (χ1v) is 9.09. The maximum absolute atomic E-state index is 12.4. The Morgan fingerprint density at radius 1 is 1.15 bits per heavy atom. The van der Waals surface area contributed by atoms with Crippen LogP contribution in [0.2, 0.25) is 0 Å². The van der Waals surface area contributed by atoms with E-state index in [0.29, 0.717) is 23.8 Å². The van der Waals surface area contributed by atoms with Crippen LogP contribution in [0.1, 0.15) is 23.2 Å². The minimum Gasteiger partial charge on any atom is -0.484 e. The molecule has 1 atom stereocenters. The van der Waals surface area contributed by atoms with Crippen LogP contribution in [0.3, 0.4) is 0 Å². The predicted molar refractivity (Wildman–Crippen MR) is 102 cm³/mol. The summed E-state index contributed by atoms with van der Waals surface area (Å²) < 4.78 is 10.6. The van der Waals surface area contributed by atoms with Crippen LogP contribution in [-0.4, -0.2) is 38.2 Å². The van der Waals surface area contributed by atoms with Gasteiger partial charge in [0, 0.05) is 25.3 Å². The molecule has 0 aromatic heterocycles. The van der Waals surface area contributed by atoms with E-state index in [9.17, 15) is 9.59 Å². The van der Waals surface area contributed by atoms with Crippen molar-refractivity contribution in [2.45, 2.75) is 12.8 Å². The molecule has 2 amide bonds. The molecule has 0 unspecified atom stereocenters. The number of nitrogens with two attached hydrogens (primary N) is 1. The Morgan fingerprint density at radius 3 is 2.67 bits per heavy atom. The van der Waals surface area contributed by atoms with Crippen molar-refractivity contribution >= 4 is 11.8 Å². The Bertz CT molecular complexity index is 783. The molecule has 6 nitrogen and oxygen atoms in total.